The summed E-state index contributed by atoms with van der Waals surface area (Å²) in [6, 6.07) is 20.2. The van der Waals surface area contributed by atoms with Crippen molar-refractivity contribution in [3.63, 3.8) is 0 Å². The Morgan fingerprint density at radius 2 is 1.72 bits per heavy atom. The molecule has 4 aromatic rings. The highest BCUT2D eigenvalue weighted by molar-refractivity contribution is 5.97. The van der Waals surface area contributed by atoms with Gasteiger partial charge in [0.2, 0.25) is 5.91 Å². The summed E-state index contributed by atoms with van der Waals surface area (Å²) < 4.78 is 29.2. The third-order valence-electron chi connectivity index (χ3n) is 5.47. The fourth-order valence-electron chi connectivity index (χ4n) is 3.56. The smallest absolute Gasteiger partial charge is 0.274 e. The predicted octanol–water partition coefficient (Wildman–Crippen LogP) is 4.29. The summed E-state index contributed by atoms with van der Waals surface area (Å²) in [5.74, 6) is -0.00270. The lowest BCUT2D eigenvalue weighted by Gasteiger charge is -2.18. The number of benzene rings is 3. The molecule has 0 unspecified atom stereocenters. The normalized spacial score (nSPS) is 11.4. The highest BCUT2D eigenvalue weighted by Gasteiger charge is 2.25. The number of rotatable bonds is 9. The van der Waals surface area contributed by atoms with Gasteiger partial charge in [-0.25, -0.2) is 4.39 Å². The monoisotopic (exact) mass is 489 g/mol. The van der Waals surface area contributed by atoms with E-state index in [1.54, 1.807) is 54.6 Å². The van der Waals surface area contributed by atoms with Gasteiger partial charge in [0, 0.05) is 12.6 Å². The number of halogens is 1. The molecule has 0 fully saturated rings. The first kappa shape index (κ1) is 24.5. The quantitative estimate of drug-likeness (QED) is 0.364. The van der Waals surface area contributed by atoms with E-state index in [2.05, 4.69) is 15.8 Å². The lowest BCUT2D eigenvalue weighted by molar-refractivity contribution is -0.123. The SMILES string of the molecule is COc1ccc(OC)c(-c2cc(C(=O)N[C@@H](C(=O)NCc3ccc(F)cc3)c3ccccc3)no2)c1. The maximum Gasteiger partial charge on any atom is 0.274 e. The Kier molecular flexibility index (Phi) is 7.60. The average molecular weight is 490 g/mol. The zero-order valence-corrected chi connectivity index (χ0v) is 19.7. The van der Waals surface area contributed by atoms with Crippen LogP contribution in [0.2, 0.25) is 0 Å². The second kappa shape index (κ2) is 11.2. The van der Waals surface area contributed by atoms with E-state index in [1.165, 1.54) is 32.4 Å². The first-order valence-corrected chi connectivity index (χ1v) is 11.1. The maximum atomic E-state index is 13.2. The largest absolute Gasteiger partial charge is 0.497 e. The third kappa shape index (κ3) is 5.69. The minimum Gasteiger partial charge on any atom is -0.497 e. The van der Waals surface area contributed by atoms with Crippen molar-refractivity contribution in [1.82, 2.24) is 15.8 Å². The lowest BCUT2D eigenvalue weighted by atomic mass is 10.1. The van der Waals surface area contributed by atoms with Gasteiger partial charge in [-0.15, -0.1) is 0 Å². The van der Waals surface area contributed by atoms with Gasteiger partial charge in [0.15, 0.2) is 11.5 Å². The molecule has 1 heterocycles. The number of nitrogens with one attached hydrogen (secondary N) is 2. The van der Waals surface area contributed by atoms with E-state index in [0.717, 1.165) is 5.56 Å². The van der Waals surface area contributed by atoms with E-state index in [-0.39, 0.29) is 18.1 Å². The van der Waals surface area contributed by atoms with E-state index < -0.39 is 17.9 Å². The predicted molar refractivity (Wildman–Crippen MR) is 130 cm³/mol. The third-order valence-corrected chi connectivity index (χ3v) is 5.47. The summed E-state index contributed by atoms with van der Waals surface area (Å²) >= 11 is 0. The topological polar surface area (TPSA) is 103 Å². The van der Waals surface area contributed by atoms with Crippen LogP contribution in [0.25, 0.3) is 11.3 Å². The first-order valence-electron chi connectivity index (χ1n) is 11.1. The average Bonchev–Trinajstić information content (AvgIpc) is 3.41. The minimum absolute atomic E-state index is 0.0119. The van der Waals surface area contributed by atoms with Crippen molar-refractivity contribution in [2.24, 2.45) is 0 Å². The molecule has 0 aliphatic heterocycles. The first-order chi connectivity index (χ1) is 17.5. The van der Waals surface area contributed by atoms with Gasteiger partial charge in [0.25, 0.3) is 5.91 Å². The standard InChI is InChI=1S/C27H24FN3O5/c1-34-20-12-13-23(35-2)21(14-20)24-15-22(31-36-24)26(32)30-25(18-6-4-3-5-7-18)27(33)29-16-17-8-10-19(28)11-9-17/h3-15,25H,16H2,1-2H3,(H,29,33)(H,30,32)/t25-/m1/s1. The van der Waals surface area contributed by atoms with Gasteiger partial charge < -0.3 is 24.6 Å². The molecule has 184 valence electrons. The Hall–Kier alpha value is -4.66. The van der Waals surface area contributed by atoms with Crippen LogP contribution in [0.1, 0.15) is 27.7 Å². The number of hydrogen-bond donors (Lipinski definition) is 2. The van der Waals surface area contributed by atoms with Crippen LogP contribution in [0.15, 0.2) is 83.4 Å². The molecule has 0 spiro atoms. The molecule has 2 N–H and O–H groups in total. The fourth-order valence-corrected chi connectivity index (χ4v) is 3.56. The lowest BCUT2D eigenvalue weighted by Crippen LogP contribution is -2.40. The number of nitrogens with zero attached hydrogens (tertiary/aromatic N) is 1. The van der Waals surface area contributed by atoms with Crippen molar-refractivity contribution in [3.05, 3.63) is 102 Å². The summed E-state index contributed by atoms with van der Waals surface area (Å²) in [6.45, 7) is 0.169. The van der Waals surface area contributed by atoms with Crippen LogP contribution in [0.3, 0.4) is 0 Å². The molecule has 0 saturated carbocycles. The van der Waals surface area contributed by atoms with E-state index >= 15 is 0 Å². The molecule has 2 amide bonds. The zero-order valence-electron chi connectivity index (χ0n) is 19.7. The number of ether oxygens (including phenoxy) is 2. The Morgan fingerprint density at radius 3 is 2.42 bits per heavy atom. The van der Waals surface area contributed by atoms with Crippen molar-refractivity contribution in [2.45, 2.75) is 12.6 Å². The Morgan fingerprint density at radius 1 is 0.972 bits per heavy atom. The summed E-state index contributed by atoms with van der Waals surface area (Å²) in [4.78, 5) is 26.1. The molecule has 0 bridgehead atoms. The zero-order chi connectivity index (χ0) is 25.5. The van der Waals surface area contributed by atoms with E-state index in [4.69, 9.17) is 14.0 Å². The highest BCUT2D eigenvalue weighted by Crippen LogP contribution is 2.33. The summed E-state index contributed by atoms with van der Waals surface area (Å²) in [5, 5.41) is 9.38. The molecule has 0 aliphatic carbocycles. The summed E-state index contributed by atoms with van der Waals surface area (Å²) in [7, 11) is 3.06. The summed E-state index contributed by atoms with van der Waals surface area (Å²) in [6.07, 6.45) is 0. The molecule has 0 aliphatic rings. The van der Waals surface area contributed by atoms with Crippen molar-refractivity contribution in [2.75, 3.05) is 14.2 Å². The van der Waals surface area contributed by atoms with Gasteiger partial charge in [-0.3, -0.25) is 9.59 Å². The Balaban J connectivity index is 1.53. The van der Waals surface area contributed by atoms with Crippen molar-refractivity contribution < 1.29 is 28.0 Å². The van der Waals surface area contributed by atoms with Crippen molar-refractivity contribution in [1.29, 1.82) is 0 Å². The second-order valence-corrected chi connectivity index (χ2v) is 7.80. The molecule has 1 aromatic heterocycles. The van der Waals surface area contributed by atoms with E-state index in [9.17, 15) is 14.0 Å². The molecule has 9 heteroatoms. The van der Waals surface area contributed by atoms with Gasteiger partial charge in [-0.05, 0) is 41.5 Å². The van der Waals surface area contributed by atoms with E-state index in [0.29, 0.717) is 28.4 Å². The van der Waals surface area contributed by atoms with E-state index in [1.807, 2.05) is 6.07 Å². The minimum atomic E-state index is -0.995. The molecule has 4 rings (SSSR count). The van der Waals surface area contributed by atoms with Crippen LogP contribution in [0.5, 0.6) is 11.5 Å². The molecule has 8 nitrogen and oxygen atoms in total. The van der Waals surface area contributed by atoms with Gasteiger partial charge in [0.1, 0.15) is 23.4 Å². The van der Waals surface area contributed by atoms with Crippen LogP contribution < -0.4 is 20.1 Å². The Labute approximate surface area is 207 Å². The van der Waals surface area contributed by atoms with Crippen molar-refractivity contribution >= 4 is 11.8 Å². The van der Waals surface area contributed by atoms with Crippen LogP contribution in [-0.2, 0) is 11.3 Å². The summed E-state index contributed by atoms with van der Waals surface area (Å²) in [5.41, 5.74) is 1.85. The van der Waals surface area contributed by atoms with Crippen LogP contribution in [0, 0.1) is 5.82 Å². The molecule has 36 heavy (non-hydrogen) atoms. The second-order valence-electron chi connectivity index (χ2n) is 7.80. The highest BCUT2D eigenvalue weighted by atomic mass is 19.1. The number of amides is 2. The molecular formula is C27H24FN3O5. The van der Waals surface area contributed by atoms with Crippen molar-refractivity contribution in [3.8, 4) is 22.8 Å². The molecule has 3 aromatic carbocycles. The van der Waals surface area contributed by atoms with Gasteiger partial charge >= 0.3 is 0 Å². The number of carbonyl (C=O) groups excluding carboxylic acids is 2. The number of methoxy groups -OCH3 is 2. The number of carbonyl (C=O) groups is 2. The molecule has 1 atom stereocenters. The molecular weight excluding hydrogens is 465 g/mol. The molecule has 0 radical (unpaired) electrons. The Bertz CT molecular complexity index is 1340. The van der Waals surface area contributed by atoms with Crippen LogP contribution >= 0.6 is 0 Å². The number of hydrogen-bond acceptors (Lipinski definition) is 6. The molecule has 0 saturated heterocycles. The van der Waals surface area contributed by atoms with Crippen LogP contribution in [-0.4, -0.2) is 31.2 Å². The fraction of sp³-hybridized carbons (Fsp3) is 0.148. The number of aromatic nitrogens is 1. The van der Waals surface area contributed by atoms with Crippen LogP contribution in [0.4, 0.5) is 4.39 Å². The van der Waals surface area contributed by atoms with Gasteiger partial charge in [0.05, 0.1) is 19.8 Å². The van der Waals surface area contributed by atoms with Gasteiger partial charge in [-0.2, -0.15) is 0 Å². The maximum absolute atomic E-state index is 13.2. The van der Waals surface area contributed by atoms with Gasteiger partial charge in [-0.1, -0.05) is 47.6 Å².